The predicted molar refractivity (Wildman–Crippen MR) is 97.5 cm³/mol. The van der Waals surface area contributed by atoms with Crippen LogP contribution in [-0.4, -0.2) is 66.1 Å². The van der Waals surface area contributed by atoms with Crippen LogP contribution in [0.25, 0.3) is 5.65 Å². The molecule has 140 valence electrons. The van der Waals surface area contributed by atoms with Gasteiger partial charge in [-0.2, -0.15) is 0 Å². The van der Waals surface area contributed by atoms with Crippen LogP contribution in [-0.2, 0) is 11.3 Å². The molecule has 0 atom stereocenters. The molecule has 4 heterocycles. The summed E-state index contributed by atoms with van der Waals surface area (Å²) in [5, 5.41) is 8.30. The number of aryl methyl sites for hydroxylation is 2. The van der Waals surface area contributed by atoms with Crippen molar-refractivity contribution in [1.29, 1.82) is 0 Å². The van der Waals surface area contributed by atoms with Gasteiger partial charge in [0.15, 0.2) is 5.82 Å². The third-order valence-electron chi connectivity index (χ3n) is 4.73. The van der Waals surface area contributed by atoms with Crippen molar-refractivity contribution >= 4 is 17.4 Å². The number of amides is 1. The van der Waals surface area contributed by atoms with Crippen LogP contribution in [0.4, 0.5) is 5.82 Å². The summed E-state index contributed by atoms with van der Waals surface area (Å²) in [6.45, 7) is 6.05. The molecule has 10 nitrogen and oxygen atoms in total. The van der Waals surface area contributed by atoms with Crippen molar-refractivity contribution in [2.45, 2.75) is 20.4 Å². The second-order valence-electron chi connectivity index (χ2n) is 6.56. The second-order valence-corrected chi connectivity index (χ2v) is 6.56. The van der Waals surface area contributed by atoms with E-state index in [-0.39, 0.29) is 18.0 Å². The van der Waals surface area contributed by atoms with E-state index in [1.54, 1.807) is 18.0 Å². The van der Waals surface area contributed by atoms with E-state index in [0.717, 1.165) is 11.6 Å². The van der Waals surface area contributed by atoms with Crippen LogP contribution in [0.2, 0.25) is 0 Å². The number of nitrogens with zero attached hydrogens (tertiary/aromatic N) is 8. The largest absolute Gasteiger partial charge is 0.350 e. The van der Waals surface area contributed by atoms with E-state index in [4.69, 9.17) is 0 Å². The molecule has 0 aliphatic carbocycles. The summed E-state index contributed by atoms with van der Waals surface area (Å²) in [4.78, 5) is 36.9. The zero-order chi connectivity index (χ0) is 19.0. The van der Waals surface area contributed by atoms with Gasteiger partial charge in [-0.1, -0.05) is 0 Å². The molecule has 0 aromatic carbocycles. The minimum atomic E-state index is -0.215. The molecule has 4 rings (SSSR count). The molecule has 1 saturated heterocycles. The number of aromatic nitrogens is 6. The normalized spacial score (nSPS) is 14.7. The van der Waals surface area contributed by atoms with Gasteiger partial charge in [-0.15, -0.1) is 10.2 Å². The molecule has 27 heavy (non-hydrogen) atoms. The van der Waals surface area contributed by atoms with Crippen molar-refractivity contribution in [1.82, 2.24) is 34.0 Å². The summed E-state index contributed by atoms with van der Waals surface area (Å²) < 4.78 is 3.24. The Bertz CT molecular complexity index is 1050. The molecule has 10 heteroatoms. The summed E-state index contributed by atoms with van der Waals surface area (Å²) >= 11 is 0. The van der Waals surface area contributed by atoms with Crippen molar-refractivity contribution in [3.63, 3.8) is 0 Å². The quantitative estimate of drug-likeness (QED) is 0.622. The van der Waals surface area contributed by atoms with E-state index in [2.05, 4.69) is 25.1 Å². The van der Waals surface area contributed by atoms with Gasteiger partial charge in [0, 0.05) is 50.3 Å². The molecule has 3 aromatic rings. The minimum absolute atomic E-state index is 0.00329. The lowest BCUT2D eigenvalue weighted by molar-refractivity contribution is -0.132. The molecule has 3 aromatic heterocycles. The van der Waals surface area contributed by atoms with E-state index in [1.807, 2.05) is 17.5 Å². The smallest absolute Gasteiger partial charge is 0.253 e. The van der Waals surface area contributed by atoms with Gasteiger partial charge >= 0.3 is 0 Å². The number of carbonyl (C=O) groups is 1. The number of hydrogen-bond acceptors (Lipinski definition) is 7. The Morgan fingerprint density at radius 3 is 2.63 bits per heavy atom. The maximum atomic E-state index is 12.5. The highest BCUT2D eigenvalue weighted by molar-refractivity contribution is 5.76. The first-order valence-electron chi connectivity index (χ1n) is 8.75. The van der Waals surface area contributed by atoms with Gasteiger partial charge in [0.05, 0.1) is 6.33 Å². The highest BCUT2D eigenvalue weighted by Crippen LogP contribution is 2.19. The maximum Gasteiger partial charge on any atom is 0.253 e. The molecule has 0 radical (unpaired) electrons. The molecule has 1 aliphatic heterocycles. The molecular weight excluding hydrogens is 348 g/mol. The maximum absolute atomic E-state index is 12.5. The Labute approximate surface area is 155 Å². The number of hydrogen-bond donors (Lipinski definition) is 0. The van der Waals surface area contributed by atoms with E-state index in [0.29, 0.717) is 37.5 Å². The van der Waals surface area contributed by atoms with Gasteiger partial charge in [-0.3, -0.25) is 18.6 Å². The van der Waals surface area contributed by atoms with Gasteiger partial charge in [0.1, 0.15) is 12.4 Å². The standard InChI is InChI=1S/C17H20N8O2/c1-12-9-14(26)24(11-19-12)10-15(27)22-5-7-23(8-6-22)16-17-21-20-13(2)25(17)4-3-18-16/h3-4,9,11H,5-8,10H2,1-2H3. The fourth-order valence-electron chi connectivity index (χ4n) is 3.20. The topological polar surface area (TPSA) is 102 Å². The van der Waals surface area contributed by atoms with E-state index in [1.165, 1.54) is 17.0 Å². The number of carbonyl (C=O) groups excluding carboxylic acids is 1. The minimum Gasteiger partial charge on any atom is -0.350 e. The molecule has 1 amide bonds. The molecule has 1 fully saturated rings. The molecule has 0 saturated carbocycles. The Balaban J connectivity index is 1.44. The van der Waals surface area contributed by atoms with E-state index in [9.17, 15) is 9.59 Å². The number of rotatable bonds is 3. The molecule has 1 aliphatic rings. The van der Waals surface area contributed by atoms with Gasteiger partial charge in [0.2, 0.25) is 11.6 Å². The Hall–Kier alpha value is -3.30. The number of anilines is 1. The van der Waals surface area contributed by atoms with Crippen molar-refractivity contribution in [2.75, 3.05) is 31.1 Å². The summed E-state index contributed by atoms with van der Waals surface area (Å²) in [6.07, 6.45) is 4.98. The molecule has 0 N–H and O–H groups in total. The Morgan fingerprint density at radius 1 is 1.11 bits per heavy atom. The van der Waals surface area contributed by atoms with Gasteiger partial charge in [-0.25, -0.2) is 9.97 Å². The van der Waals surface area contributed by atoms with E-state index < -0.39 is 0 Å². The van der Waals surface area contributed by atoms with Gasteiger partial charge in [-0.05, 0) is 13.8 Å². The monoisotopic (exact) mass is 368 g/mol. The second kappa shape index (κ2) is 6.78. The molecule has 0 unspecified atom stereocenters. The van der Waals surface area contributed by atoms with Crippen LogP contribution in [0.1, 0.15) is 11.5 Å². The summed E-state index contributed by atoms with van der Waals surface area (Å²) in [6, 6.07) is 1.43. The predicted octanol–water partition coefficient (Wildman–Crippen LogP) is -0.353. The Kier molecular flexibility index (Phi) is 4.30. The van der Waals surface area contributed by atoms with Crippen molar-refractivity contribution in [2.24, 2.45) is 0 Å². The molecule has 0 spiro atoms. The molecule has 0 bridgehead atoms. The van der Waals surface area contributed by atoms with E-state index >= 15 is 0 Å². The van der Waals surface area contributed by atoms with Crippen LogP contribution in [0, 0.1) is 13.8 Å². The highest BCUT2D eigenvalue weighted by atomic mass is 16.2. The summed E-state index contributed by atoms with van der Waals surface area (Å²) in [5.74, 6) is 1.48. The van der Waals surface area contributed by atoms with Gasteiger partial charge in [0.25, 0.3) is 5.56 Å². The van der Waals surface area contributed by atoms with Crippen LogP contribution in [0.3, 0.4) is 0 Å². The summed E-state index contributed by atoms with van der Waals surface area (Å²) in [5.41, 5.74) is 1.14. The van der Waals surface area contributed by atoms with Crippen molar-refractivity contribution in [3.8, 4) is 0 Å². The number of piperazine rings is 1. The average molecular weight is 368 g/mol. The zero-order valence-corrected chi connectivity index (χ0v) is 15.2. The van der Waals surface area contributed by atoms with Gasteiger partial charge < -0.3 is 9.80 Å². The zero-order valence-electron chi connectivity index (χ0n) is 15.2. The van der Waals surface area contributed by atoms with Crippen LogP contribution >= 0.6 is 0 Å². The Morgan fingerprint density at radius 2 is 1.89 bits per heavy atom. The summed E-state index contributed by atoms with van der Waals surface area (Å²) in [7, 11) is 0. The molecular formula is C17H20N8O2. The lowest BCUT2D eigenvalue weighted by Crippen LogP contribution is -2.50. The lowest BCUT2D eigenvalue weighted by Gasteiger charge is -2.35. The van der Waals surface area contributed by atoms with Crippen LogP contribution in [0.15, 0.2) is 29.6 Å². The fourth-order valence-corrected chi connectivity index (χ4v) is 3.20. The van der Waals surface area contributed by atoms with Crippen LogP contribution < -0.4 is 10.5 Å². The van der Waals surface area contributed by atoms with Crippen molar-refractivity contribution < 1.29 is 4.79 Å². The third-order valence-corrected chi connectivity index (χ3v) is 4.73. The number of fused-ring (bicyclic) bond motifs is 1. The first-order valence-corrected chi connectivity index (χ1v) is 8.75. The SMILES string of the molecule is Cc1cc(=O)n(CC(=O)N2CCN(c3nccn4c(C)nnc34)CC2)cn1. The third kappa shape index (κ3) is 3.25. The fraction of sp³-hybridized carbons (Fsp3) is 0.412. The average Bonchev–Trinajstić information content (AvgIpc) is 3.05. The van der Waals surface area contributed by atoms with Crippen LogP contribution in [0.5, 0.6) is 0 Å². The van der Waals surface area contributed by atoms with Crippen molar-refractivity contribution in [3.05, 3.63) is 46.7 Å². The first kappa shape index (κ1) is 17.1. The highest BCUT2D eigenvalue weighted by Gasteiger charge is 2.24. The first-order chi connectivity index (χ1) is 13.0. The lowest BCUT2D eigenvalue weighted by atomic mass is 10.3.